The highest BCUT2D eigenvalue weighted by atomic mass is 32.1. The molecule has 0 radical (unpaired) electrons. The Morgan fingerprint density at radius 2 is 1.93 bits per heavy atom. The van der Waals surface area contributed by atoms with Crippen LogP contribution in [0.15, 0.2) is 41.8 Å². The van der Waals surface area contributed by atoms with Gasteiger partial charge in [-0.1, -0.05) is 6.07 Å². The molecule has 1 aliphatic rings. The predicted octanol–water partition coefficient (Wildman–Crippen LogP) is 4.62. The molecule has 4 nitrogen and oxygen atoms in total. The monoisotopic (exact) mass is 399 g/mol. The zero-order valence-electron chi connectivity index (χ0n) is 17.4. The van der Waals surface area contributed by atoms with Crippen molar-refractivity contribution in [2.75, 3.05) is 31.1 Å². The van der Waals surface area contributed by atoms with Crippen molar-refractivity contribution in [3.63, 3.8) is 0 Å². The molecule has 1 fully saturated rings. The van der Waals surface area contributed by atoms with Crippen LogP contribution in [0.4, 0.5) is 5.69 Å². The fraction of sp³-hybridized carbons (Fsp3) is 0.522. The molecule has 5 heteroatoms. The molecular formula is C23H33N3OS. The van der Waals surface area contributed by atoms with Crippen LogP contribution in [0.1, 0.15) is 48.8 Å². The van der Waals surface area contributed by atoms with Crippen molar-refractivity contribution < 1.29 is 4.79 Å². The molecule has 2 aromatic rings. The van der Waals surface area contributed by atoms with Crippen LogP contribution >= 0.6 is 11.3 Å². The molecule has 0 unspecified atom stereocenters. The van der Waals surface area contributed by atoms with Crippen LogP contribution in [0, 0.1) is 5.92 Å². The summed E-state index contributed by atoms with van der Waals surface area (Å²) in [4.78, 5) is 18.8. The lowest BCUT2D eigenvalue weighted by molar-refractivity contribution is 0.0935. The largest absolute Gasteiger partial charge is 0.369 e. The van der Waals surface area contributed by atoms with Crippen LogP contribution < -0.4 is 10.2 Å². The van der Waals surface area contributed by atoms with E-state index in [4.69, 9.17) is 0 Å². The van der Waals surface area contributed by atoms with Crippen LogP contribution in [0.3, 0.4) is 0 Å². The van der Waals surface area contributed by atoms with E-state index in [2.05, 4.69) is 65.5 Å². The molecule has 0 aliphatic carbocycles. The molecule has 3 rings (SSSR count). The van der Waals surface area contributed by atoms with Gasteiger partial charge in [0.1, 0.15) is 0 Å². The van der Waals surface area contributed by atoms with Crippen molar-refractivity contribution in [2.45, 2.75) is 46.2 Å². The first kappa shape index (κ1) is 20.9. The van der Waals surface area contributed by atoms with E-state index in [0.29, 0.717) is 12.0 Å². The minimum atomic E-state index is 0.0418. The molecular weight excluding hydrogens is 366 g/mol. The van der Waals surface area contributed by atoms with Gasteiger partial charge < -0.3 is 10.2 Å². The van der Waals surface area contributed by atoms with Gasteiger partial charge in [-0.25, -0.2) is 0 Å². The van der Waals surface area contributed by atoms with Gasteiger partial charge >= 0.3 is 0 Å². The number of nitrogens with one attached hydrogen (secondary N) is 1. The maximum Gasteiger partial charge on any atom is 0.251 e. The maximum atomic E-state index is 12.5. The van der Waals surface area contributed by atoms with Gasteiger partial charge in [-0.2, -0.15) is 0 Å². The van der Waals surface area contributed by atoms with Crippen LogP contribution in [0.5, 0.6) is 0 Å². The molecule has 1 amide bonds. The first-order chi connectivity index (χ1) is 13.6. The SMILES string of the molecule is CCN(c1ccc(C(=O)NCC2CCN(Cc3cccs3)CC2)cc1)C(C)C. The Bertz CT molecular complexity index is 719. The number of anilines is 1. The Labute approximate surface area is 173 Å². The summed E-state index contributed by atoms with van der Waals surface area (Å²) in [5.41, 5.74) is 1.92. The Kier molecular flexibility index (Phi) is 7.51. The van der Waals surface area contributed by atoms with Gasteiger partial charge in [0.2, 0.25) is 0 Å². The number of nitrogens with zero attached hydrogens (tertiary/aromatic N) is 2. The molecule has 1 aromatic carbocycles. The van der Waals surface area contributed by atoms with E-state index in [1.807, 2.05) is 23.5 Å². The highest BCUT2D eigenvalue weighted by Gasteiger charge is 2.20. The van der Waals surface area contributed by atoms with Crippen molar-refractivity contribution in [3.05, 3.63) is 52.2 Å². The van der Waals surface area contributed by atoms with Gasteiger partial charge in [-0.05, 0) is 88.3 Å². The van der Waals surface area contributed by atoms with E-state index >= 15 is 0 Å². The van der Waals surface area contributed by atoms with Gasteiger partial charge in [0.05, 0.1) is 0 Å². The topological polar surface area (TPSA) is 35.6 Å². The average Bonchev–Trinajstić information content (AvgIpc) is 3.21. The number of hydrogen-bond acceptors (Lipinski definition) is 4. The third kappa shape index (κ3) is 5.58. The second-order valence-electron chi connectivity index (χ2n) is 7.94. The first-order valence-corrected chi connectivity index (χ1v) is 11.3. The third-order valence-electron chi connectivity index (χ3n) is 5.64. The molecule has 28 heavy (non-hydrogen) atoms. The van der Waals surface area contributed by atoms with Crippen LogP contribution in [0.25, 0.3) is 0 Å². The van der Waals surface area contributed by atoms with Crippen molar-refractivity contribution in [3.8, 4) is 0 Å². The summed E-state index contributed by atoms with van der Waals surface area (Å²) in [7, 11) is 0. The summed E-state index contributed by atoms with van der Waals surface area (Å²) in [6.45, 7) is 11.6. The van der Waals surface area contributed by atoms with E-state index in [0.717, 1.165) is 51.1 Å². The number of carbonyl (C=O) groups is 1. The zero-order valence-corrected chi connectivity index (χ0v) is 18.2. The molecule has 1 N–H and O–H groups in total. The van der Waals surface area contributed by atoms with E-state index < -0.39 is 0 Å². The lowest BCUT2D eigenvalue weighted by atomic mass is 9.96. The molecule has 1 saturated heterocycles. The maximum absolute atomic E-state index is 12.5. The van der Waals surface area contributed by atoms with E-state index in [-0.39, 0.29) is 5.91 Å². The molecule has 0 saturated carbocycles. The molecule has 0 spiro atoms. The number of benzene rings is 1. The molecule has 0 atom stereocenters. The number of piperidine rings is 1. The van der Waals surface area contributed by atoms with Crippen molar-refractivity contribution in [2.24, 2.45) is 5.92 Å². The smallest absolute Gasteiger partial charge is 0.251 e. The molecule has 2 heterocycles. The summed E-state index contributed by atoms with van der Waals surface area (Å²) in [6, 6.07) is 12.8. The third-order valence-corrected chi connectivity index (χ3v) is 6.50. The second kappa shape index (κ2) is 10.1. The van der Waals surface area contributed by atoms with Gasteiger partial charge in [-0.15, -0.1) is 11.3 Å². The highest BCUT2D eigenvalue weighted by molar-refractivity contribution is 7.09. The van der Waals surface area contributed by atoms with Gasteiger partial charge in [0.25, 0.3) is 5.91 Å². The molecule has 1 aromatic heterocycles. The summed E-state index contributed by atoms with van der Waals surface area (Å²) in [5, 5.41) is 5.29. The number of rotatable bonds is 8. The Balaban J connectivity index is 1.43. The van der Waals surface area contributed by atoms with Crippen molar-refractivity contribution >= 4 is 22.9 Å². The Morgan fingerprint density at radius 3 is 2.50 bits per heavy atom. The summed E-state index contributed by atoms with van der Waals surface area (Å²) in [5.74, 6) is 0.625. The lowest BCUT2D eigenvalue weighted by Crippen LogP contribution is -2.38. The van der Waals surface area contributed by atoms with Gasteiger partial charge in [0, 0.05) is 41.8 Å². The molecule has 152 valence electrons. The van der Waals surface area contributed by atoms with E-state index in [9.17, 15) is 4.79 Å². The summed E-state index contributed by atoms with van der Waals surface area (Å²) >= 11 is 1.83. The summed E-state index contributed by atoms with van der Waals surface area (Å²) < 4.78 is 0. The number of hydrogen-bond donors (Lipinski definition) is 1. The fourth-order valence-electron chi connectivity index (χ4n) is 3.96. The molecule has 1 aliphatic heterocycles. The Morgan fingerprint density at radius 1 is 1.21 bits per heavy atom. The van der Waals surface area contributed by atoms with Crippen LogP contribution in [0.2, 0.25) is 0 Å². The highest BCUT2D eigenvalue weighted by Crippen LogP contribution is 2.21. The fourth-order valence-corrected chi connectivity index (χ4v) is 4.71. The summed E-state index contributed by atoms with van der Waals surface area (Å²) in [6.07, 6.45) is 2.31. The standard InChI is InChI=1S/C23H33N3OS/c1-4-26(18(2)3)21-9-7-20(8-10-21)23(27)24-16-19-11-13-25(14-12-19)17-22-6-5-15-28-22/h5-10,15,18-19H,4,11-14,16-17H2,1-3H3,(H,24,27). The quantitative estimate of drug-likeness (QED) is 0.703. The van der Waals surface area contributed by atoms with Crippen molar-refractivity contribution in [1.29, 1.82) is 0 Å². The van der Waals surface area contributed by atoms with E-state index in [1.54, 1.807) is 0 Å². The number of carbonyl (C=O) groups excluding carboxylic acids is 1. The van der Waals surface area contributed by atoms with Crippen molar-refractivity contribution in [1.82, 2.24) is 10.2 Å². The number of thiophene rings is 1. The van der Waals surface area contributed by atoms with Gasteiger partial charge in [-0.3, -0.25) is 9.69 Å². The number of likely N-dealkylation sites (tertiary alicyclic amines) is 1. The van der Waals surface area contributed by atoms with Crippen LogP contribution in [-0.4, -0.2) is 43.0 Å². The average molecular weight is 400 g/mol. The predicted molar refractivity (Wildman–Crippen MR) is 119 cm³/mol. The Hall–Kier alpha value is -1.85. The van der Waals surface area contributed by atoms with Crippen LogP contribution in [-0.2, 0) is 6.54 Å². The minimum Gasteiger partial charge on any atom is -0.369 e. The minimum absolute atomic E-state index is 0.0418. The molecule has 0 bridgehead atoms. The van der Waals surface area contributed by atoms with Gasteiger partial charge in [0.15, 0.2) is 0 Å². The zero-order chi connectivity index (χ0) is 19.9. The normalized spacial score (nSPS) is 15.7. The number of amides is 1. The lowest BCUT2D eigenvalue weighted by Gasteiger charge is -2.31. The van der Waals surface area contributed by atoms with E-state index in [1.165, 1.54) is 10.6 Å². The second-order valence-corrected chi connectivity index (χ2v) is 8.97. The first-order valence-electron chi connectivity index (χ1n) is 10.5.